The molecule has 2 radical (unpaired) electrons. The topological polar surface area (TPSA) is 12.4 Å². The lowest BCUT2D eigenvalue weighted by atomic mass is 11.1. The second-order valence-electron chi connectivity index (χ2n) is 0.312. The molecule has 4 heavy (non-hydrogen) atoms. The van der Waals surface area contributed by atoms with Gasteiger partial charge in [-0.25, -0.2) is 0 Å². The van der Waals surface area contributed by atoms with Crippen LogP contribution in [0.4, 0.5) is 0 Å². The zero-order valence-corrected chi connectivity index (χ0v) is 2.23. The number of nitrogens with zero attached hydrogens (tertiary/aromatic N) is 1. The van der Waals surface area contributed by atoms with Gasteiger partial charge >= 0.3 is 0 Å². The molecule has 0 unspecified atom stereocenters. The molecule has 0 bridgehead atoms. The Balaban J connectivity index is 2.73. The van der Waals surface area contributed by atoms with Crippen molar-refractivity contribution in [2.75, 3.05) is 0 Å². The Labute approximate surface area is 25.7 Å². The summed E-state index contributed by atoms with van der Waals surface area (Å²) in [7, 11) is 0. The fraction of sp³-hybridized carbons (Fsp3) is 0. The van der Waals surface area contributed by atoms with Crippen molar-refractivity contribution in [3.8, 4) is 0 Å². The lowest BCUT2D eigenvalue weighted by Crippen LogP contribution is -1.26. The Bertz CT molecular complexity index is 24.3. The van der Waals surface area contributed by atoms with Crippen LogP contribution in [-0.2, 0) is 0 Å². The summed E-state index contributed by atoms with van der Waals surface area (Å²) >= 11 is 0. The molecule has 0 aliphatic heterocycles. The van der Waals surface area contributed by atoms with E-state index in [-0.39, 0.29) is 0 Å². The van der Waals surface area contributed by atoms with Crippen LogP contribution in [0.5, 0.6) is 0 Å². The Morgan fingerprint density at radius 2 is 2.25 bits per heavy atom. The van der Waals surface area contributed by atoms with Crippen LogP contribution < -0.4 is 0 Å². The predicted molar refractivity (Wildman–Crippen MR) is 17.6 cm³/mol. The maximum Gasteiger partial charge on any atom is 0.119 e. The molecule has 0 heterocycles. The van der Waals surface area contributed by atoms with Gasteiger partial charge in [0.2, 0.25) is 0 Å². The molecule has 0 aromatic carbocycles. The quantitative estimate of drug-likeness (QED) is 0.388. The van der Waals surface area contributed by atoms with Gasteiger partial charge in [0.15, 0.2) is 0 Å². The van der Waals surface area contributed by atoms with E-state index in [1.807, 2.05) is 0 Å². The van der Waals surface area contributed by atoms with Gasteiger partial charge in [-0.3, -0.25) is 4.99 Å². The van der Waals surface area contributed by atoms with E-state index in [0.717, 1.165) is 0 Å². The number of aliphatic imine (C=N–C) groups is 1. The Kier molecular flexibility index (Phi) is 2.05. The molecule has 0 aromatic rings. The van der Waals surface area contributed by atoms with E-state index < -0.39 is 0 Å². The molecule has 0 N–H and O–H groups in total. The van der Waals surface area contributed by atoms with E-state index in [1.165, 1.54) is 6.20 Å². The van der Waals surface area contributed by atoms with Gasteiger partial charge < -0.3 is 0 Å². The van der Waals surface area contributed by atoms with Gasteiger partial charge in [0.1, 0.15) is 6.72 Å². The van der Waals surface area contributed by atoms with Gasteiger partial charge in [-0.2, -0.15) is 0 Å². The molecule has 1 nitrogen and oxygen atoms in total. The molecular formula is C3H3N. The van der Waals surface area contributed by atoms with Gasteiger partial charge in [0, 0.05) is 6.20 Å². The Morgan fingerprint density at radius 1 is 2.00 bits per heavy atom. The highest BCUT2D eigenvalue weighted by Crippen LogP contribution is 1.50. The fourth-order valence-corrected chi connectivity index (χ4v) is 0. The maximum absolute atomic E-state index is 5.96. The molecule has 0 amide bonds. The van der Waals surface area contributed by atoms with Crippen LogP contribution in [0.2, 0.25) is 0 Å². The van der Waals surface area contributed by atoms with Gasteiger partial charge in [0.25, 0.3) is 0 Å². The second-order valence-corrected chi connectivity index (χ2v) is 0.312. The normalized spacial score (nSPS) is 5.00. The van der Waals surface area contributed by atoms with E-state index in [4.69, 9.17) is 6.72 Å². The number of rotatable bonds is 1. The van der Waals surface area contributed by atoms with Crippen molar-refractivity contribution < 1.29 is 0 Å². The third-order valence-electron chi connectivity index (χ3n) is 0.0913. The number of hydrogen-bond acceptors (Lipinski definition) is 1. The zero-order valence-electron chi connectivity index (χ0n) is 2.23. The van der Waals surface area contributed by atoms with Crippen LogP contribution in [-0.4, -0.2) is 6.72 Å². The minimum atomic E-state index is 1.17. The van der Waals surface area contributed by atoms with Gasteiger partial charge in [-0.05, 0) is 0 Å². The molecule has 20 valence electrons. The van der Waals surface area contributed by atoms with Crippen molar-refractivity contribution in [2.45, 2.75) is 0 Å². The third kappa shape index (κ3) is 1.41. The van der Waals surface area contributed by atoms with E-state index >= 15 is 0 Å². The highest BCUT2D eigenvalue weighted by atomic mass is 14.6. The summed E-state index contributed by atoms with van der Waals surface area (Å²) < 4.78 is 0. The molecule has 0 aliphatic rings. The van der Waals surface area contributed by atoms with Crippen LogP contribution in [0.25, 0.3) is 0 Å². The van der Waals surface area contributed by atoms with Crippen LogP contribution in [0, 0.1) is 0 Å². The third-order valence-corrected chi connectivity index (χ3v) is 0.0913. The van der Waals surface area contributed by atoms with Crippen LogP contribution in [0.15, 0.2) is 17.8 Å². The molecule has 1 heteroatoms. The standard InChI is InChI=1S/C3H3N/c1-3-4-2/h3H,1H2. The summed E-state index contributed by atoms with van der Waals surface area (Å²) in [6, 6.07) is 0. The number of hydrogen-bond donors (Lipinski definition) is 0. The van der Waals surface area contributed by atoms with E-state index in [9.17, 15) is 0 Å². The smallest absolute Gasteiger partial charge is 0.119 e. The zero-order chi connectivity index (χ0) is 3.41. The molecular weight excluding hydrogens is 50.0 g/mol. The highest BCUT2D eigenvalue weighted by molar-refractivity contribution is 5.24. The van der Waals surface area contributed by atoms with E-state index in [2.05, 4.69) is 11.6 Å². The molecule has 0 atom stereocenters. The molecule has 0 aliphatic carbocycles. The van der Waals surface area contributed by atoms with E-state index in [0.29, 0.717) is 0 Å². The van der Waals surface area contributed by atoms with E-state index in [1.54, 1.807) is 0 Å². The van der Waals surface area contributed by atoms with Crippen molar-refractivity contribution in [2.24, 2.45) is 4.99 Å². The SMILES string of the molecule is [C]=NC=C. The molecule has 0 saturated carbocycles. The summed E-state index contributed by atoms with van der Waals surface area (Å²) in [6.45, 7) is 9.08. The minimum absolute atomic E-state index is 1.17. The lowest BCUT2D eigenvalue weighted by Gasteiger charge is -1.46. The summed E-state index contributed by atoms with van der Waals surface area (Å²) in [5.74, 6) is 0. The maximum atomic E-state index is 5.96. The van der Waals surface area contributed by atoms with Crippen molar-refractivity contribution in [1.82, 2.24) is 0 Å². The molecule has 0 rings (SSSR count). The highest BCUT2D eigenvalue weighted by Gasteiger charge is 1.29. The summed E-state index contributed by atoms with van der Waals surface area (Å²) in [5, 5.41) is 0. The van der Waals surface area contributed by atoms with Gasteiger partial charge in [0.05, 0.1) is 0 Å². The first kappa shape index (κ1) is 3.41. The van der Waals surface area contributed by atoms with Crippen LogP contribution >= 0.6 is 0 Å². The van der Waals surface area contributed by atoms with Gasteiger partial charge in [-0.1, -0.05) is 6.58 Å². The van der Waals surface area contributed by atoms with Crippen molar-refractivity contribution in [1.29, 1.82) is 0 Å². The summed E-state index contributed by atoms with van der Waals surface area (Å²) in [4.78, 5) is 2.75. The first-order valence-corrected chi connectivity index (χ1v) is 0.890. The average molecular weight is 53.1 g/mol. The molecule has 0 saturated heterocycles. The van der Waals surface area contributed by atoms with Gasteiger partial charge in [-0.15, -0.1) is 0 Å². The fourth-order valence-electron chi connectivity index (χ4n) is 0. The molecule has 0 spiro atoms. The largest absolute Gasteiger partial charge is 0.253 e. The minimum Gasteiger partial charge on any atom is -0.253 e. The summed E-state index contributed by atoms with van der Waals surface area (Å²) in [5.41, 5.74) is 0. The molecule has 0 fully saturated rings. The molecule has 0 aromatic heterocycles. The average Bonchev–Trinajstić information content (AvgIpc) is 1.37. The Morgan fingerprint density at radius 3 is 2.25 bits per heavy atom. The van der Waals surface area contributed by atoms with Crippen molar-refractivity contribution in [3.63, 3.8) is 0 Å². The second kappa shape index (κ2) is 2.41. The van der Waals surface area contributed by atoms with Crippen LogP contribution in [0.1, 0.15) is 0 Å². The monoisotopic (exact) mass is 53.0 g/mol. The van der Waals surface area contributed by atoms with Crippen LogP contribution in [0.3, 0.4) is 0 Å². The predicted octanol–water partition coefficient (Wildman–Crippen LogP) is 0.585. The first-order valence-electron chi connectivity index (χ1n) is 0.890. The Hall–Kier alpha value is -0.590. The van der Waals surface area contributed by atoms with Crippen molar-refractivity contribution in [3.05, 3.63) is 12.8 Å². The lowest BCUT2D eigenvalue weighted by molar-refractivity contribution is 1.65. The first-order chi connectivity index (χ1) is 1.91. The summed E-state index contributed by atoms with van der Waals surface area (Å²) in [6.07, 6.45) is 1.17. The van der Waals surface area contributed by atoms with Crippen molar-refractivity contribution >= 4 is 6.72 Å².